The van der Waals surface area contributed by atoms with Gasteiger partial charge in [0.25, 0.3) is 5.91 Å². The largest absolute Gasteiger partial charge is 0.305 e. The van der Waals surface area contributed by atoms with Gasteiger partial charge in [0.1, 0.15) is 11.5 Å². The van der Waals surface area contributed by atoms with Crippen LogP contribution in [0.3, 0.4) is 0 Å². The molecule has 0 saturated heterocycles. The number of nitrogens with zero attached hydrogens (tertiary/aromatic N) is 2. The van der Waals surface area contributed by atoms with Gasteiger partial charge in [0.15, 0.2) is 0 Å². The Hall–Kier alpha value is -1.02. The summed E-state index contributed by atoms with van der Waals surface area (Å²) in [5.41, 5.74) is 2.99. The molecule has 6 heteroatoms. The summed E-state index contributed by atoms with van der Waals surface area (Å²) in [5, 5.41) is 4.44. The summed E-state index contributed by atoms with van der Waals surface area (Å²) in [6, 6.07) is 1.96. The summed E-state index contributed by atoms with van der Waals surface area (Å²) in [4.78, 5) is 19.8. The summed E-state index contributed by atoms with van der Waals surface area (Å²) >= 11 is 3.57. The third-order valence-electron chi connectivity index (χ3n) is 1.94. The molecular formula is C10H8IN3OS. The Morgan fingerprint density at radius 1 is 1.50 bits per heavy atom. The first-order chi connectivity index (χ1) is 7.66. The lowest BCUT2D eigenvalue weighted by Gasteiger charge is -2.05. The van der Waals surface area contributed by atoms with Crippen LogP contribution in [-0.2, 0) is 0 Å². The molecule has 1 amide bonds. The second kappa shape index (κ2) is 4.88. The normalized spacial score (nSPS) is 10.1. The van der Waals surface area contributed by atoms with Gasteiger partial charge >= 0.3 is 0 Å². The molecule has 2 aromatic rings. The van der Waals surface area contributed by atoms with Crippen molar-refractivity contribution in [1.82, 2.24) is 9.97 Å². The number of aromatic nitrogens is 2. The zero-order valence-electron chi connectivity index (χ0n) is 8.40. The van der Waals surface area contributed by atoms with Crippen LogP contribution in [0.1, 0.15) is 16.1 Å². The van der Waals surface area contributed by atoms with E-state index in [0.717, 1.165) is 9.13 Å². The van der Waals surface area contributed by atoms with Crippen molar-refractivity contribution < 1.29 is 4.79 Å². The quantitative estimate of drug-likeness (QED) is 0.852. The van der Waals surface area contributed by atoms with Gasteiger partial charge in [-0.1, -0.05) is 0 Å². The summed E-state index contributed by atoms with van der Waals surface area (Å²) in [7, 11) is 0. The van der Waals surface area contributed by atoms with E-state index in [-0.39, 0.29) is 5.91 Å². The number of carbonyl (C=O) groups is 1. The predicted octanol–water partition coefficient (Wildman–Crippen LogP) is 2.70. The molecule has 1 N–H and O–H groups in total. The monoisotopic (exact) mass is 345 g/mol. The second-order valence-electron chi connectivity index (χ2n) is 3.15. The highest BCUT2D eigenvalue weighted by atomic mass is 127. The van der Waals surface area contributed by atoms with E-state index in [9.17, 15) is 4.79 Å². The Balaban J connectivity index is 2.18. The predicted molar refractivity (Wildman–Crippen MR) is 71.8 cm³/mol. The van der Waals surface area contributed by atoms with Crippen molar-refractivity contribution in [2.45, 2.75) is 6.92 Å². The van der Waals surface area contributed by atoms with Crippen molar-refractivity contribution in [1.29, 1.82) is 0 Å². The maximum Gasteiger partial charge on any atom is 0.276 e. The van der Waals surface area contributed by atoms with Crippen molar-refractivity contribution in [3.05, 3.63) is 38.0 Å². The highest BCUT2D eigenvalue weighted by Gasteiger charge is 2.10. The molecule has 0 bridgehead atoms. The Morgan fingerprint density at radius 3 is 2.94 bits per heavy atom. The lowest BCUT2D eigenvalue weighted by atomic mass is 10.3. The van der Waals surface area contributed by atoms with Gasteiger partial charge in [-0.05, 0) is 41.1 Å². The van der Waals surface area contributed by atoms with Crippen molar-refractivity contribution in [2.75, 3.05) is 5.32 Å². The van der Waals surface area contributed by atoms with Crippen LogP contribution >= 0.6 is 33.9 Å². The summed E-state index contributed by atoms with van der Waals surface area (Å²) in [6.45, 7) is 1.91. The minimum Gasteiger partial charge on any atom is -0.305 e. The van der Waals surface area contributed by atoms with Crippen LogP contribution < -0.4 is 5.32 Å². The molecule has 0 radical (unpaired) electrons. The average molecular weight is 345 g/mol. The van der Waals surface area contributed by atoms with Gasteiger partial charge in [-0.2, -0.15) is 0 Å². The Labute approximate surface area is 110 Å². The minimum atomic E-state index is -0.224. The molecule has 0 spiro atoms. The highest BCUT2D eigenvalue weighted by Crippen LogP contribution is 2.15. The van der Waals surface area contributed by atoms with Gasteiger partial charge in [-0.3, -0.25) is 4.79 Å². The number of hydrogen-bond acceptors (Lipinski definition) is 4. The first-order valence-electron chi connectivity index (χ1n) is 4.48. The summed E-state index contributed by atoms with van der Waals surface area (Å²) < 4.78 is 1.04. The number of rotatable bonds is 2. The second-order valence-corrected chi connectivity index (χ2v) is 5.11. The number of thiazole rings is 1. The summed E-state index contributed by atoms with van der Waals surface area (Å²) in [5.74, 6) is 0.358. The maximum atomic E-state index is 11.7. The van der Waals surface area contributed by atoms with Crippen LogP contribution in [0.5, 0.6) is 0 Å². The number of nitrogens with one attached hydrogen (secondary N) is 1. The standard InChI is InChI=1S/C10H8IN3OS/c1-6-2-7(11)3-12-9(6)14-10(15)8-4-16-5-13-8/h2-5H,1H3,(H,12,14,15). The van der Waals surface area contributed by atoms with E-state index >= 15 is 0 Å². The lowest BCUT2D eigenvalue weighted by Crippen LogP contribution is -2.14. The minimum absolute atomic E-state index is 0.224. The van der Waals surface area contributed by atoms with Crippen LogP contribution in [-0.4, -0.2) is 15.9 Å². The van der Waals surface area contributed by atoms with Crippen LogP contribution in [0.4, 0.5) is 5.82 Å². The fraction of sp³-hybridized carbons (Fsp3) is 0.100. The third kappa shape index (κ3) is 2.56. The summed E-state index contributed by atoms with van der Waals surface area (Å²) in [6.07, 6.45) is 1.71. The number of carbonyl (C=O) groups excluding carboxylic acids is 1. The van der Waals surface area contributed by atoms with Gasteiger partial charge in [0, 0.05) is 15.1 Å². The van der Waals surface area contributed by atoms with Gasteiger partial charge in [0.2, 0.25) is 0 Å². The molecule has 2 aromatic heterocycles. The van der Waals surface area contributed by atoms with Gasteiger partial charge in [-0.25, -0.2) is 9.97 Å². The van der Waals surface area contributed by atoms with E-state index in [4.69, 9.17) is 0 Å². The van der Waals surface area contributed by atoms with Crippen molar-refractivity contribution >= 4 is 45.7 Å². The van der Waals surface area contributed by atoms with Crippen LogP contribution in [0.15, 0.2) is 23.2 Å². The number of pyridine rings is 1. The molecule has 0 aliphatic rings. The van der Waals surface area contributed by atoms with Crippen molar-refractivity contribution in [3.63, 3.8) is 0 Å². The molecule has 4 nitrogen and oxygen atoms in total. The number of aryl methyl sites for hydroxylation is 1. The van der Waals surface area contributed by atoms with E-state index < -0.39 is 0 Å². The molecule has 16 heavy (non-hydrogen) atoms. The molecule has 0 aliphatic carbocycles. The van der Waals surface area contributed by atoms with Crippen molar-refractivity contribution in [3.8, 4) is 0 Å². The van der Waals surface area contributed by atoms with E-state index in [2.05, 4.69) is 37.9 Å². The fourth-order valence-electron chi connectivity index (χ4n) is 1.17. The molecule has 0 fully saturated rings. The average Bonchev–Trinajstić information content (AvgIpc) is 2.75. The number of anilines is 1. The molecule has 0 unspecified atom stereocenters. The molecule has 0 atom stereocenters. The molecular weight excluding hydrogens is 337 g/mol. The van der Waals surface area contributed by atoms with E-state index in [1.54, 1.807) is 17.1 Å². The first-order valence-corrected chi connectivity index (χ1v) is 6.50. The molecule has 0 aromatic carbocycles. The zero-order valence-corrected chi connectivity index (χ0v) is 11.4. The maximum absolute atomic E-state index is 11.7. The topological polar surface area (TPSA) is 54.9 Å². The van der Waals surface area contributed by atoms with Crippen LogP contribution in [0, 0.1) is 10.5 Å². The van der Waals surface area contributed by atoms with Gasteiger partial charge in [-0.15, -0.1) is 11.3 Å². The van der Waals surface area contributed by atoms with Crippen LogP contribution in [0.25, 0.3) is 0 Å². The lowest BCUT2D eigenvalue weighted by molar-refractivity contribution is 0.102. The number of amides is 1. The smallest absolute Gasteiger partial charge is 0.276 e. The van der Waals surface area contributed by atoms with E-state index in [0.29, 0.717) is 11.5 Å². The third-order valence-corrected chi connectivity index (χ3v) is 3.12. The zero-order chi connectivity index (χ0) is 11.5. The van der Waals surface area contributed by atoms with Gasteiger partial charge < -0.3 is 5.32 Å². The molecule has 2 rings (SSSR count). The molecule has 0 saturated carbocycles. The molecule has 82 valence electrons. The number of hydrogen-bond donors (Lipinski definition) is 1. The van der Waals surface area contributed by atoms with E-state index in [1.165, 1.54) is 11.3 Å². The fourth-order valence-corrected chi connectivity index (χ4v) is 2.31. The SMILES string of the molecule is Cc1cc(I)cnc1NC(=O)c1cscn1. The Morgan fingerprint density at radius 2 is 2.31 bits per heavy atom. The molecule has 2 heterocycles. The Kier molecular flexibility index (Phi) is 3.49. The van der Waals surface area contributed by atoms with E-state index in [1.807, 2.05) is 13.0 Å². The number of halogens is 1. The van der Waals surface area contributed by atoms with Crippen molar-refractivity contribution in [2.24, 2.45) is 0 Å². The first kappa shape index (κ1) is 11.5. The Bertz CT molecular complexity index is 513. The van der Waals surface area contributed by atoms with Gasteiger partial charge in [0.05, 0.1) is 5.51 Å². The highest BCUT2D eigenvalue weighted by molar-refractivity contribution is 14.1. The molecule has 0 aliphatic heterocycles. The van der Waals surface area contributed by atoms with Crippen LogP contribution in [0.2, 0.25) is 0 Å².